The molecule has 0 radical (unpaired) electrons. The molecule has 3 aromatic carbocycles. The van der Waals surface area contributed by atoms with E-state index in [2.05, 4.69) is 15.8 Å². The Hall–Kier alpha value is -4.33. The summed E-state index contributed by atoms with van der Waals surface area (Å²) in [4.78, 5) is 24.6. The number of carbonyl (C=O) groups is 2. The maximum Gasteiger partial charge on any atom is 0.262 e. The fourth-order valence-corrected chi connectivity index (χ4v) is 2.97. The summed E-state index contributed by atoms with van der Waals surface area (Å²) in [7, 11) is 3.10. The molecule has 0 aliphatic rings. The summed E-state index contributed by atoms with van der Waals surface area (Å²) in [6.45, 7) is 2.00. The van der Waals surface area contributed by atoms with E-state index in [1.165, 1.54) is 6.21 Å². The Kier molecular flexibility index (Phi) is 8.62. The molecular formula is C26H27N3O5. The molecule has 34 heavy (non-hydrogen) atoms. The number of ether oxygens (including phenoxy) is 3. The van der Waals surface area contributed by atoms with Crippen LogP contribution in [0.4, 0.5) is 0 Å². The predicted octanol–water partition coefficient (Wildman–Crippen LogP) is 3.55. The quantitative estimate of drug-likeness (QED) is 0.355. The molecular weight excluding hydrogens is 434 g/mol. The van der Waals surface area contributed by atoms with Crippen molar-refractivity contribution in [1.29, 1.82) is 0 Å². The summed E-state index contributed by atoms with van der Waals surface area (Å²) in [5.74, 6) is 0.968. The number of hydrazone groups is 1. The monoisotopic (exact) mass is 461 g/mol. The van der Waals surface area contributed by atoms with E-state index in [1.807, 2.05) is 30.3 Å². The average Bonchev–Trinajstić information content (AvgIpc) is 2.88. The number of amides is 2. The first kappa shape index (κ1) is 24.3. The first-order valence-electron chi connectivity index (χ1n) is 10.6. The number of methoxy groups -OCH3 is 2. The lowest BCUT2D eigenvalue weighted by Crippen LogP contribution is -2.43. The van der Waals surface area contributed by atoms with Crippen molar-refractivity contribution in [2.75, 3.05) is 14.2 Å². The van der Waals surface area contributed by atoms with Crippen LogP contribution in [-0.2, 0) is 11.4 Å². The zero-order valence-corrected chi connectivity index (χ0v) is 19.3. The molecule has 0 saturated heterocycles. The van der Waals surface area contributed by atoms with Crippen molar-refractivity contribution in [3.05, 3.63) is 89.5 Å². The molecule has 3 aromatic rings. The highest BCUT2D eigenvalue weighted by Gasteiger charge is 2.16. The normalized spacial score (nSPS) is 11.5. The second kappa shape index (κ2) is 12.1. The minimum atomic E-state index is -0.782. The van der Waals surface area contributed by atoms with E-state index in [1.54, 1.807) is 63.6 Å². The van der Waals surface area contributed by atoms with E-state index in [-0.39, 0.29) is 5.91 Å². The Bertz CT molecular complexity index is 1130. The zero-order valence-electron chi connectivity index (χ0n) is 19.3. The highest BCUT2D eigenvalue weighted by atomic mass is 16.5. The summed E-state index contributed by atoms with van der Waals surface area (Å²) in [6, 6.07) is 21.0. The number of hydrogen-bond donors (Lipinski definition) is 2. The third-order valence-corrected chi connectivity index (χ3v) is 4.91. The summed E-state index contributed by atoms with van der Waals surface area (Å²) >= 11 is 0. The van der Waals surface area contributed by atoms with Gasteiger partial charge in [0.2, 0.25) is 0 Å². The number of nitrogens with zero attached hydrogens (tertiary/aromatic N) is 1. The number of benzene rings is 3. The highest BCUT2D eigenvalue weighted by molar-refractivity contribution is 5.97. The lowest BCUT2D eigenvalue weighted by atomic mass is 10.2. The summed E-state index contributed by atoms with van der Waals surface area (Å²) in [6.07, 6.45) is 1.49. The predicted molar refractivity (Wildman–Crippen MR) is 129 cm³/mol. The van der Waals surface area contributed by atoms with Gasteiger partial charge in [-0.2, -0.15) is 5.10 Å². The fraction of sp³-hybridized carbons (Fsp3) is 0.192. The smallest absolute Gasteiger partial charge is 0.262 e. The Morgan fingerprint density at radius 2 is 1.68 bits per heavy atom. The number of nitrogens with one attached hydrogen (secondary N) is 2. The van der Waals surface area contributed by atoms with Crippen molar-refractivity contribution in [1.82, 2.24) is 10.7 Å². The lowest BCUT2D eigenvalue weighted by Gasteiger charge is -2.12. The van der Waals surface area contributed by atoms with Gasteiger partial charge in [0.1, 0.15) is 18.4 Å². The Balaban J connectivity index is 1.52. The van der Waals surface area contributed by atoms with Crippen LogP contribution in [0.2, 0.25) is 0 Å². The van der Waals surface area contributed by atoms with Gasteiger partial charge in [-0.05, 0) is 60.5 Å². The summed E-state index contributed by atoms with van der Waals surface area (Å²) < 4.78 is 16.3. The molecule has 3 rings (SSSR count). The molecule has 2 N–H and O–H groups in total. The van der Waals surface area contributed by atoms with Gasteiger partial charge in [-0.1, -0.05) is 30.3 Å². The van der Waals surface area contributed by atoms with Crippen LogP contribution < -0.4 is 25.0 Å². The van der Waals surface area contributed by atoms with Crippen molar-refractivity contribution in [2.45, 2.75) is 19.6 Å². The van der Waals surface area contributed by atoms with Crippen LogP contribution in [0.15, 0.2) is 77.9 Å². The van der Waals surface area contributed by atoms with Gasteiger partial charge in [-0.15, -0.1) is 0 Å². The first-order valence-corrected chi connectivity index (χ1v) is 10.6. The number of rotatable bonds is 10. The number of carbonyl (C=O) groups excluding carboxylic acids is 2. The average molecular weight is 462 g/mol. The van der Waals surface area contributed by atoms with E-state index < -0.39 is 11.9 Å². The van der Waals surface area contributed by atoms with Crippen LogP contribution in [-0.4, -0.2) is 38.3 Å². The van der Waals surface area contributed by atoms with Gasteiger partial charge in [0.05, 0.1) is 20.4 Å². The molecule has 8 nitrogen and oxygen atoms in total. The second-order valence-corrected chi connectivity index (χ2v) is 7.34. The molecule has 2 amide bonds. The van der Waals surface area contributed by atoms with Gasteiger partial charge in [0.15, 0.2) is 11.5 Å². The van der Waals surface area contributed by atoms with Crippen LogP contribution in [0.25, 0.3) is 0 Å². The fourth-order valence-electron chi connectivity index (χ4n) is 2.97. The zero-order chi connectivity index (χ0) is 24.3. The Morgan fingerprint density at radius 3 is 2.35 bits per heavy atom. The molecule has 0 aliphatic heterocycles. The van der Waals surface area contributed by atoms with Crippen LogP contribution in [0, 0.1) is 0 Å². The molecule has 1 unspecified atom stereocenters. The van der Waals surface area contributed by atoms with Gasteiger partial charge in [-0.3, -0.25) is 9.59 Å². The van der Waals surface area contributed by atoms with Crippen LogP contribution in [0.1, 0.15) is 28.4 Å². The van der Waals surface area contributed by atoms with E-state index in [9.17, 15) is 9.59 Å². The molecule has 0 spiro atoms. The molecule has 0 saturated carbocycles. The minimum Gasteiger partial charge on any atom is -0.497 e. The van der Waals surface area contributed by atoms with Crippen LogP contribution in [0.3, 0.4) is 0 Å². The van der Waals surface area contributed by atoms with Gasteiger partial charge in [0, 0.05) is 5.56 Å². The first-order chi connectivity index (χ1) is 16.5. The molecule has 176 valence electrons. The Labute approximate surface area is 198 Å². The molecule has 0 aromatic heterocycles. The Morgan fingerprint density at radius 1 is 0.941 bits per heavy atom. The molecule has 1 atom stereocenters. The maximum atomic E-state index is 12.3. The highest BCUT2D eigenvalue weighted by Crippen LogP contribution is 2.28. The third-order valence-electron chi connectivity index (χ3n) is 4.91. The molecule has 0 heterocycles. The van der Waals surface area contributed by atoms with Crippen molar-refractivity contribution in [2.24, 2.45) is 5.10 Å². The van der Waals surface area contributed by atoms with E-state index in [0.717, 1.165) is 5.56 Å². The number of hydrogen-bond acceptors (Lipinski definition) is 6. The third kappa shape index (κ3) is 6.83. The standard InChI is InChI=1S/C26H27N3O5/c1-18(28-26(31)21-10-12-22(32-2)13-11-21)25(30)29-27-16-20-9-14-23(24(15-20)33-3)34-17-19-7-5-4-6-8-19/h4-16,18H,17H2,1-3H3,(H,28,31)(H,29,30). The van der Waals surface area contributed by atoms with E-state index >= 15 is 0 Å². The molecule has 0 fully saturated rings. The SMILES string of the molecule is COc1ccc(C(=O)NC(C)C(=O)NN=Cc2ccc(OCc3ccccc3)c(OC)c2)cc1. The van der Waals surface area contributed by atoms with Crippen molar-refractivity contribution >= 4 is 18.0 Å². The van der Waals surface area contributed by atoms with Gasteiger partial charge < -0.3 is 19.5 Å². The van der Waals surface area contributed by atoms with Gasteiger partial charge in [0.25, 0.3) is 11.8 Å². The summed E-state index contributed by atoms with van der Waals surface area (Å²) in [5.41, 5.74) is 4.61. The van der Waals surface area contributed by atoms with Crippen LogP contribution >= 0.6 is 0 Å². The largest absolute Gasteiger partial charge is 0.497 e. The van der Waals surface area contributed by atoms with E-state index in [0.29, 0.717) is 35.0 Å². The minimum absolute atomic E-state index is 0.370. The topological polar surface area (TPSA) is 98.2 Å². The lowest BCUT2D eigenvalue weighted by molar-refractivity contribution is -0.122. The van der Waals surface area contributed by atoms with Crippen molar-refractivity contribution < 1.29 is 23.8 Å². The van der Waals surface area contributed by atoms with Gasteiger partial charge >= 0.3 is 0 Å². The molecule has 0 aliphatic carbocycles. The van der Waals surface area contributed by atoms with Crippen molar-refractivity contribution in [3.63, 3.8) is 0 Å². The maximum absolute atomic E-state index is 12.3. The summed E-state index contributed by atoms with van der Waals surface area (Å²) in [5, 5.41) is 6.61. The van der Waals surface area contributed by atoms with E-state index in [4.69, 9.17) is 14.2 Å². The second-order valence-electron chi connectivity index (χ2n) is 7.34. The van der Waals surface area contributed by atoms with Gasteiger partial charge in [-0.25, -0.2) is 5.43 Å². The van der Waals surface area contributed by atoms with Crippen LogP contribution in [0.5, 0.6) is 17.2 Å². The van der Waals surface area contributed by atoms with Crippen molar-refractivity contribution in [3.8, 4) is 17.2 Å². The molecule has 8 heteroatoms. The molecule has 0 bridgehead atoms.